The van der Waals surface area contributed by atoms with Crippen molar-refractivity contribution in [3.8, 4) is 11.1 Å². The quantitative estimate of drug-likeness (QED) is 0.161. The van der Waals surface area contributed by atoms with Crippen LogP contribution in [-0.2, 0) is 5.41 Å². The Labute approximate surface area is 239 Å². The summed E-state index contributed by atoms with van der Waals surface area (Å²) in [6.07, 6.45) is 0. The van der Waals surface area contributed by atoms with E-state index in [1.165, 1.54) is 76.5 Å². The summed E-state index contributed by atoms with van der Waals surface area (Å²) in [5.74, 6) is 0. The van der Waals surface area contributed by atoms with E-state index in [2.05, 4.69) is 158 Å². The number of hydrogen-bond donors (Lipinski definition) is 0. The van der Waals surface area contributed by atoms with Crippen LogP contribution in [0.4, 0.5) is 0 Å². The average molecular weight is 519 g/mol. The van der Waals surface area contributed by atoms with Gasteiger partial charge in [0, 0.05) is 0 Å². The second-order valence-corrected chi connectivity index (χ2v) is 11.3. The fourth-order valence-corrected chi connectivity index (χ4v) is 7.63. The highest BCUT2D eigenvalue weighted by Crippen LogP contribution is 2.57. The Morgan fingerprint density at radius 3 is 1.54 bits per heavy atom. The maximum Gasteiger partial charge on any atom is 0.0714 e. The molecule has 0 nitrogen and oxygen atoms in total. The van der Waals surface area contributed by atoms with E-state index < -0.39 is 5.41 Å². The summed E-state index contributed by atoms with van der Waals surface area (Å²) < 4.78 is 0. The lowest BCUT2D eigenvalue weighted by atomic mass is 9.67. The third-order valence-electron chi connectivity index (χ3n) is 9.24. The predicted octanol–water partition coefficient (Wildman–Crippen LogP) is 10.7. The molecule has 190 valence electrons. The molecule has 0 saturated carbocycles. The maximum atomic E-state index is 2.51. The molecule has 0 N–H and O–H groups in total. The Morgan fingerprint density at radius 1 is 0.341 bits per heavy atom. The summed E-state index contributed by atoms with van der Waals surface area (Å²) in [6.45, 7) is 0. The second-order valence-electron chi connectivity index (χ2n) is 11.3. The van der Waals surface area contributed by atoms with Gasteiger partial charge in [0.05, 0.1) is 5.41 Å². The van der Waals surface area contributed by atoms with Gasteiger partial charge in [-0.3, -0.25) is 0 Å². The number of fused-ring (bicyclic) bond motifs is 2. The van der Waals surface area contributed by atoms with E-state index in [1.807, 2.05) is 0 Å². The standard InChI is InChI=1S/C41H26/c1-3-15-32(16-4-1)41(33-17-5-2-6-18-33)36-21-11-14-27-22-23-30-25-31(26-37(41)40(30)39(27)36)38-34-19-9-7-12-28(34)24-29-13-8-10-20-35(29)38/h1-26H. The van der Waals surface area contributed by atoms with Crippen LogP contribution in [0.1, 0.15) is 22.3 Å². The van der Waals surface area contributed by atoms with Crippen molar-refractivity contribution < 1.29 is 0 Å². The molecule has 0 saturated heterocycles. The van der Waals surface area contributed by atoms with E-state index in [-0.39, 0.29) is 0 Å². The Bertz CT molecular complexity index is 2200. The Morgan fingerprint density at radius 2 is 0.878 bits per heavy atom. The number of hydrogen-bond acceptors (Lipinski definition) is 0. The Kier molecular flexibility index (Phi) is 4.63. The van der Waals surface area contributed by atoms with Crippen molar-refractivity contribution in [2.75, 3.05) is 0 Å². The highest BCUT2D eigenvalue weighted by molar-refractivity contribution is 6.19. The summed E-state index contributed by atoms with van der Waals surface area (Å²) in [6, 6.07) is 58.6. The first-order valence-electron chi connectivity index (χ1n) is 14.4. The molecule has 0 radical (unpaired) electrons. The summed E-state index contributed by atoms with van der Waals surface area (Å²) >= 11 is 0. The third kappa shape index (κ3) is 3.00. The molecule has 0 aromatic heterocycles. The van der Waals surface area contributed by atoms with Crippen molar-refractivity contribution in [1.82, 2.24) is 0 Å². The summed E-state index contributed by atoms with van der Waals surface area (Å²) in [4.78, 5) is 0. The predicted molar refractivity (Wildman–Crippen MR) is 174 cm³/mol. The molecule has 0 aliphatic heterocycles. The van der Waals surface area contributed by atoms with Crippen molar-refractivity contribution in [1.29, 1.82) is 0 Å². The van der Waals surface area contributed by atoms with Gasteiger partial charge in [-0.05, 0) is 94.7 Å². The molecule has 8 aromatic rings. The largest absolute Gasteiger partial charge is 0.0714 e. The van der Waals surface area contributed by atoms with E-state index in [0.29, 0.717) is 0 Å². The zero-order valence-corrected chi connectivity index (χ0v) is 22.5. The van der Waals surface area contributed by atoms with Gasteiger partial charge < -0.3 is 0 Å². The number of rotatable bonds is 3. The lowest BCUT2D eigenvalue weighted by Crippen LogP contribution is -2.28. The van der Waals surface area contributed by atoms with Crippen molar-refractivity contribution in [3.63, 3.8) is 0 Å². The molecule has 0 bridgehead atoms. The van der Waals surface area contributed by atoms with E-state index in [1.54, 1.807) is 0 Å². The number of benzene rings is 8. The molecule has 1 aliphatic rings. The first-order valence-corrected chi connectivity index (χ1v) is 14.4. The fraction of sp³-hybridized carbons (Fsp3) is 0.0244. The second kappa shape index (κ2) is 8.40. The zero-order valence-electron chi connectivity index (χ0n) is 22.5. The SMILES string of the molecule is c1ccc(C2(c3ccccc3)c3cccc4ccc5cc(-c6c7ccccc7cc7ccccc67)cc2c5c34)cc1. The molecule has 0 unspecified atom stereocenters. The van der Waals surface area contributed by atoms with Crippen molar-refractivity contribution in [2.24, 2.45) is 0 Å². The molecule has 8 aromatic carbocycles. The summed E-state index contributed by atoms with van der Waals surface area (Å²) in [7, 11) is 0. The molecule has 0 heteroatoms. The molecule has 41 heavy (non-hydrogen) atoms. The zero-order chi connectivity index (χ0) is 27.0. The summed E-state index contributed by atoms with van der Waals surface area (Å²) in [5.41, 5.74) is 7.50. The van der Waals surface area contributed by atoms with Crippen LogP contribution in [0.25, 0.3) is 54.2 Å². The van der Waals surface area contributed by atoms with Gasteiger partial charge in [-0.2, -0.15) is 0 Å². The van der Waals surface area contributed by atoms with E-state index in [4.69, 9.17) is 0 Å². The molecule has 1 aliphatic carbocycles. The molecule has 9 rings (SSSR count). The van der Waals surface area contributed by atoms with E-state index in [9.17, 15) is 0 Å². The Hall–Kier alpha value is -5.20. The van der Waals surface area contributed by atoms with Crippen LogP contribution in [-0.4, -0.2) is 0 Å². The lowest BCUT2D eigenvalue weighted by molar-refractivity contribution is 0.772. The van der Waals surface area contributed by atoms with Gasteiger partial charge in [-0.15, -0.1) is 0 Å². The minimum Gasteiger partial charge on any atom is -0.0622 e. The first kappa shape index (κ1) is 22.6. The van der Waals surface area contributed by atoms with Crippen LogP contribution >= 0.6 is 0 Å². The van der Waals surface area contributed by atoms with Gasteiger partial charge in [0.2, 0.25) is 0 Å². The van der Waals surface area contributed by atoms with E-state index in [0.717, 1.165) is 0 Å². The Balaban J connectivity index is 1.50. The van der Waals surface area contributed by atoms with E-state index >= 15 is 0 Å². The first-order chi connectivity index (χ1) is 20.3. The van der Waals surface area contributed by atoms with Crippen molar-refractivity contribution in [2.45, 2.75) is 5.41 Å². The molecular formula is C41H26. The van der Waals surface area contributed by atoms with Gasteiger partial charge in [-0.1, -0.05) is 140 Å². The molecule has 0 heterocycles. The highest BCUT2D eigenvalue weighted by Gasteiger charge is 2.45. The molecule has 0 spiro atoms. The van der Waals surface area contributed by atoms with Gasteiger partial charge in [0.15, 0.2) is 0 Å². The van der Waals surface area contributed by atoms with Crippen LogP contribution < -0.4 is 0 Å². The van der Waals surface area contributed by atoms with Crippen molar-refractivity contribution >= 4 is 43.1 Å². The van der Waals surface area contributed by atoms with Crippen LogP contribution in [0.2, 0.25) is 0 Å². The average Bonchev–Trinajstić information content (AvgIpc) is 3.35. The minimum absolute atomic E-state index is 0.416. The smallest absolute Gasteiger partial charge is 0.0622 e. The lowest BCUT2D eigenvalue weighted by Gasteiger charge is -2.34. The van der Waals surface area contributed by atoms with Gasteiger partial charge in [0.25, 0.3) is 0 Å². The molecule has 0 atom stereocenters. The van der Waals surface area contributed by atoms with Gasteiger partial charge in [-0.25, -0.2) is 0 Å². The summed E-state index contributed by atoms with van der Waals surface area (Å²) in [5, 5.41) is 10.5. The van der Waals surface area contributed by atoms with Crippen LogP contribution in [0.3, 0.4) is 0 Å². The topological polar surface area (TPSA) is 0 Å². The van der Waals surface area contributed by atoms with Crippen LogP contribution in [0, 0.1) is 0 Å². The van der Waals surface area contributed by atoms with Gasteiger partial charge >= 0.3 is 0 Å². The highest BCUT2D eigenvalue weighted by atomic mass is 14.5. The third-order valence-corrected chi connectivity index (χ3v) is 9.24. The van der Waals surface area contributed by atoms with Crippen LogP contribution in [0.5, 0.6) is 0 Å². The minimum atomic E-state index is -0.416. The molecular weight excluding hydrogens is 492 g/mol. The van der Waals surface area contributed by atoms with Crippen LogP contribution in [0.15, 0.2) is 158 Å². The maximum absolute atomic E-state index is 2.51. The normalized spacial score (nSPS) is 13.6. The molecule has 0 fully saturated rings. The monoisotopic (exact) mass is 518 g/mol. The molecule has 0 amide bonds. The van der Waals surface area contributed by atoms with Gasteiger partial charge in [0.1, 0.15) is 0 Å². The van der Waals surface area contributed by atoms with Crippen molar-refractivity contribution in [3.05, 3.63) is 180 Å². The fourth-order valence-electron chi connectivity index (χ4n) is 7.63.